The van der Waals surface area contributed by atoms with E-state index in [2.05, 4.69) is 0 Å². The number of hydrogen-bond donors (Lipinski definition) is 0. The van der Waals surface area contributed by atoms with Crippen molar-refractivity contribution in [3.05, 3.63) is 35.6 Å². The molecule has 3 rings (SSSR count). The van der Waals surface area contributed by atoms with Crippen LogP contribution in [-0.2, 0) is 9.59 Å². The van der Waals surface area contributed by atoms with Crippen molar-refractivity contribution in [2.75, 3.05) is 13.1 Å². The number of likely N-dealkylation sites (tertiary alicyclic amines) is 2. The van der Waals surface area contributed by atoms with Crippen molar-refractivity contribution in [3.8, 4) is 0 Å². The third kappa shape index (κ3) is 2.73. The highest BCUT2D eigenvalue weighted by Crippen LogP contribution is 2.24. The lowest BCUT2D eigenvalue weighted by Crippen LogP contribution is -2.48. The van der Waals surface area contributed by atoms with Crippen LogP contribution in [0.3, 0.4) is 0 Å². The highest BCUT2D eigenvalue weighted by molar-refractivity contribution is 6.02. The van der Waals surface area contributed by atoms with Crippen LogP contribution in [0.4, 0.5) is 4.39 Å². The Morgan fingerprint density at radius 3 is 2.09 bits per heavy atom. The summed E-state index contributed by atoms with van der Waals surface area (Å²) in [5.74, 6) is -0.722. The Balaban J connectivity index is 1.62. The fourth-order valence-electron chi connectivity index (χ4n) is 3.10. The number of halogens is 1. The zero-order valence-corrected chi connectivity index (χ0v) is 12.1. The van der Waals surface area contributed by atoms with Crippen LogP contribution in [0.1, 0.15) is 36.0 Å². The molecule has 0 saturated carbocycles. The Bertz CT molecular complexity index is 590. The number of hydrogen-bond acceptors (Lipinski definition) is 3. The minimum atomic E-state index is -0.374. The summed E-state index contributed by atoms with van der Waals surface area (Å²) in [6.07, 6.45) is 1.80. The van der Waals surface area contributed by atoms with Gasteiger partial charge in [0.05, 0.1) is 0 Å². The molecule has 5 nitrogen and oxygen atoms in total. The average Bonchev–Trinajstić information content (AvgIpc) is 2.86. The van der Waals surface area contributed by atoms with Crippen molar-refractivity contribution in [1.82, 2.24) is 9.80 Å². The number of nitrogens with zero attached hydrogens (tertiary/aromatic N) is 2. The summed E-state index contributed by atoms with van der Waals surface area (Å²) in [6, 6.07) is 5.37. The van der Waals surface area contributed by atoms with Crippen molar-refractivity contribution >= 4 is 17.7 Å². The highest BCUT2D eigenvalue weighted by atomic mass is 19.1. The third-order valence-corrected chi connectivity index (χ3v) is 4.30. The van der Waals surface area contributed by atoms with Gasteiger partial charge in [-0.3, -0.25) is 19.3 Å². The zero-order valence-electron chi connectivity index (χ0n) is 12.1. The van der Waals surface area contributed by atoms with Crippen molar-refractivity contribution in [1.29, 1.82) is 0 Å². The van der Waals surface area contributed by atoms with E-state index in [9.17, 15) is 18.8 Å². The van der Waals surface area contributed by atoms with Gasteiger partial charge in [0.15, 0.2) is 0 Å². The molecule has 0 aliphatic carbocycles. The first-order chi connectivity index (χ1) is 10.6. The molecule has 6 heteroatoms. The lowest BCUT2D eigenvalue weighted by atomic mass is 10.0. The summed E-state index contributed by atoms with van der Waals surface area (Å²) in [5, 5.41) is 0. The molecular weight excluding hydrogens is 287 g/mol. The van der Waals surface area contributed by atoms with Gasteiger partial charge in [-0.15, -0.1) is 0 Å². The van der Waals surface area contributed by atoms with Crippen molar-refractivity contribution in [2.45, 2.75) is 31.7 Å². The Kier molecular flexibility index (Phi) is 3.92. The molecule has 0 spiro atoms. The fraction of sp³-hybridized carbons (Fsp3) is 0.438. The molecule has 3 amide bonds. The van der Waals surface area contributed by atoms with Crippen LogP contribution in [-0.4, -0.2) is 46.7 Å². The zero-order chi connectivity index (χ0) is 15.7. The standard InChI is InChI=1S/C16H17FN2O3/c17-12-3-1-11(2-4-12)16(22)18-9-7-13(8-10-18)19-14(20)5-6-15(19)21/h1-4,13H,5-10H2. The molecule has 1 aromatic rings. The quantitative estimate of drug-likeness (QED) is 0.780. The maximum atomic E-state index is 12.9. The van der Waals surface area contributed by atoms with Crippen LogP contribution in [0.2, 0.25) is 0 Å². The number of carbonyl (C=O) groups is 3. The molecule has 2 saturated heterocycles. The SMILES string of the molecule is O=C(c1ccc(F)cc1)N1CCC(N2C(=O)CCC2=O)CC1. The van der Waals surface area contributed by atoms with Gasteiger partial charge in [0.25, 0.3) is 5.91 Å². The molecular formula is C16H17FN2O3. The average molecular weight is 304 g/mol. The third-order valence-electron chi connectivity index (χ3n) is 4.30. The van der Waals surface area contributed by atoms with Crippen LogP contribution < -0.4 is 0 Å². The second-order valence-corrected chi connectivity index (χ2v) is 5.69. The Morgan fingerprint density at radius 2 is 1.55 bits per heavy atom. The van der Waals surface area contributed by atoms with Gasteiger partial charge in [-0.05, 0) is 37.1 Å². The predicted molar refractivity (Wildman–Crippen MR) is 76.4 cm³/mol. The van der Waals surface area contributed by atoms with Gasteiger partial charge in [-0.2, -0.15) is 0 Å². The molecule has 2 aliphatic rings. The highest BCUT2D eigenvalue weighted by Gasteiger charge is 2.37. The maximum Gasteiger partial charge on any atom is 0.253 e. The summed E-state index contributed by atoms with van der Waals surface area (Å²) in [7, 11) is 0. The minimum absolute atomic E-state index is 0.0974. The van der Waals surface area contributed by atoms with E-state index in [1.165, 1.54) is 29.2 Å². The van der Waals surface area contributed by atoms with Crippen molar-refractivity contribution < 1.29 is 18.8 Å². The molecule has 22 heavy (non-hydrogen) atoms. The van der Waals surface area contributed by atoms with Crippen molar-refractivity contribution in [2.24, 2.45) is 0 Å². The number of benzene rings is 1. The van der Waals surface area contributed by atoms with E-state index in [1.807, 2.05) is 0 Å². The van der Waals surface area contributed by atoms with Gasteiger partial charge < -0.3 is 4.90 Å². The number of imide groups is 1. The Labute approximate surface area is 127 Å². The number of piperidine rings is 1. The fourth-order valence-corrected chi connectivity index (χ4v) is 3.10. The largest absolute Gasteiger partial charge is 0.338 e. The second kappa shape index (κ2) is 5.87. The van der Waals surface area contributed by atoms with Crippen LogP contribution in [0.5, 0.6) is 0 Å². The smallest absolute Gasteiger partial charge is 0.253 e. The van der Waals surface area contributed by atoms with E-state index in [-0.39, 0.29) is 29.6 Å². The molecule has 2 fully saturated rings. The monoisotopic (exact) mass is 304 g/mol. The number of rotatable bonds is 2. The Hall–Kier alpha value is -2.24. The molecule has 0 bridgehead atoms. The van der Waals surface area contributed by atoms with Gasteiger partial charge in [0.2, 0.25) is 11.8 Å². The van der Waals surface area contributed by atoms with Crippen LogP contribution in [0.25, 0.3) is 0 Å². The lowest BCUT2D eigenvalue weighted by Gasteiger charge is -2.35. The molecule has 2 heterocycles. The molecule has 0 radical (unpaired) electrons. The summed E-state index contributed by atoms with van der Waals surface area (Å²) < 4.78 is 12.9. The number of amides is 3. The second-order valence-electron chi connectivity index (χ2n) is 5.69. The van der Waals surface area contributed by atoms with Crippen molar-refractivity contribution in [3.63, 3.8) is 0 Å². The van der Waals surface area contributed by atoms with Gasteiger partial charge in [-0.1, -0.05) is 0 Å². The van der Waals surface area contributed by atoms with Gasteiger partial charge in [-0.25, -0.2) is 4.39 Å². The first kappa shape index (κ1) is 14.7. The van der Waals surface area contributed by atoms with E-state index in [4.69, 9.17) is 0 Å². The molecule has 2 aliphatic heterocycles. The van der Waals surface area contributed by atoms with Gasteiger partial charge >= 0.3 is 0 Å². The molecule has 0 atom stereocenters. The van der Waals surface area contributed by atoms with Gasteiger partial charge in [0, 0.05) is 37.5 Å². The normalized spacial score (nSPS) is 19.9. The van der Waals surface area contributed by atoms with E-state index in [0.717, 1.165) is 0 Å². The maximum absolute atomic E-state index is 12.9. The van der Waals surface area contributed by atoms with E-state index in [1.54, 1.807) is 4.90 Å². The van der Waals surface area contributed by atoms with E-state index >= 15 is 0 Å². The molecule has 0 N–H and O–H groups in total. The lowest BCUT2D eigenvalue weighted by molar-refractivity contribution is -0.141. The molecule has 116 valence electrons. The molecule has 0 aromatic heterocycles. The van der Waals surface area contributed by atoms with Crippen LogP contribution in [0.15, 0.2) is 24.3 Å². The summed E-state index contributed by atoms with van der Waals surface area (Å²) >= 11 is 0. The first-order valence-electron chi connectivity index (χ1n) is 7.46. The van der Waals surface area contributed by atoms with E-state index in [0.29, 0.717) is 44.3 Å². The van der Waals surface area contributed by atoms with Crippen LogP contribution >= 0.6 is 0 Å². The van der Waals surface area contributed by atoms with E-state index < -0.39 is 0 Å². The topological polar surface area (TPSA) is 57.7 Å². The summed E-state index contributed by atoms with van der Waals surface area (Å²) in [6.45, 7) is 0.996. The summed E-state index contributed by atoms with van der Waals surface area (Å²) in [4.78, 5) is 38.9. The summed E-state index contributed by atoms with van der Waals surface area (Å²) in [5.41, 5.74) is 0.452. The van der Waals surface area contributed by atoms with Gasteiger partial charge in [0.1, 0.15) is 5.82 Å². The minimum Gasteiger partial charge on any atom is -0.338 e. The molecule has 1 aromatic carbocycles. The number of carbonyl (C=O) groups excluding carboxylic acids is 3. The first-order valence-corrected chi connectivity index (χ1v) is 7.46. The Morgan fingerprint density at radius 1 is 1.00 bits per heavy atom. The van der Waals surface area contributed by atoms with Crippen LogP contribution in [0, 0.1) is 5.82 Å². The predicted octanol–water partition coefficient (Wildman–Crippen LogP) is 1.58. The molecule has 0 unspecified atom stereocenters.